The lowest BCUT2D eigenvalue weighted by molar-refractivity contribution is -0.317. The number of carbonyl (C=O) groups excluding carboxylic acids is 1. The minimum absolute atomic E-state index is 0.180. The number of hydrogen-bond donors (Lipinski definition) is 1. The molecule has 1 saturated carbocycles. The Morgan fingerprint density at radius 1 is 1.43 bits per heavy atom. The number of aliphatic hydroxyl groups excluding tert-OH is 1. The van der Waals surface area contributed by atoms with E-state index in [0.29, 0.717) is 26.1 Å². The highest BCUT2D eigenvalue weighted by Crippen LogP contribution is 2.44. The smallest absolute Gasteiger partial charge is 0.311 e. The molecule has 1 heterocycles. The van der Waals surface area contributed by atoms with Gasteiger partial charge in [0.25, 0.3) is 0 Å². The van der Waals surface area contributed by atoms with Crippen LogP contribution in [0.3, 0.4) is 0 Å². The Labute approximate surface area is 81.9 Å². The van der Waals surface area contributed by atoms with Gasteiger partial charge in [0.1, 0.15) is 0 Å². The molecule has 2 fully saturated rings. The normalized spacial score (nSPS) is 25.8. The lowest BCUT2D eigenvalue weighted by Crippen LogP contribution is -2.53. The molecule has 0 bridgehead atoms. The SMILES string of the molecule is O=C(OCO)C1CC2(C1)OCCCO2. The van der Waals surface area contributed by atoms with Crippen molar-refractivity contribution < 1.29 is 24.1 Å². The molecule has 5 nitrogen and oxygen atoms in total. The van der Waals surface area contributed by atoms with E-state index in [1.54, 1.807) is 0 Å². The van der Waals surface area contributed by atoms with Crippen LogP contribution in [0.25, 0.3) is 0 Å². The van der Waals surface area contributed by atoms with Crippen LogP contribution in [0.15, 0.2) is 0 Å². The van der Waals surface area contributed by atoms with Crippen LogP contribution in [-0.2, 0) is 19.0 Å². The molecule has 1 aliphatic heterocycles. The highest BCUT2D eigenvalue weighted by atomic mass is 16.7. The average molecular weight is 202 g/mol. The van der Waals surface area contributed by atoms with Gasteiger partial charge in [0.15, 0.2) is 12.6 Å². The summed E-state index contributed by atoms with van der Waals surface area (Å²) in [4.78, 5) is 11.2. The number of aliphatic hydroxyl groups is 1. The van der Waals surface area contributed by atoms with Crippen molar-refractivity contribution in [3.63, 3.8) is 0 Å². The zero-order chi connectivity index (χ0) is 10.0. The lowest BCUT2D eigenvalue weighted by Gasteiger charge is -2.47. The Morgan fingerprint density at radius 2 is 2.07 bits per heavy atom. The third kappa shape index (κ3) is 1.75. The van der Waals surface area contributed by atoms with Crippen LogP contribution in [0.1, 0.15) is 19.3 Å². The molecule has 80 valence electrons. The number of carbonyl (C=O) groups is 1. The first kappa shape index (κ1) is 9.89. The third-order valence-corrected chi connectivity index (χ3v) is 2.67. The van der Waals surface area contributed by atoms with Gasteiger partial charge in [0.05, 0.1) is 19.1 Å². The Morgan fingerprint density at radius 3 is 2.64 bits per heavy atom. The molecule has 0 amide bonds. The van der Waals surface area contributed by atoms with Crippen LogP contribution in [0.2, 0.25) is 0 Å². The van der Waals surface area contributed by atoms with Crippen molar-refractivity contribution in [1.29, 1.82) is 0 Å². The molecule has 2 rings (SSSR count). The first-order valence-electron chi connectivity index (χ1n) is 4.81. The van der Waals surface area contributed by atoms with Crippen molar-refractivity contribution in [2.24, 2.45) is 5.92 Å². The monoisotopic (exact) mass is 202 g/mol. The summed E-state index contributed by atoms with van der Waals surface area (Å²) in [7, 11) is 0. The first-order chi connectivity index (χ1) is 6.76. The van der Waals surface area contributed by atoms with Crippen LogP contribution in [0.5, 0.6) is 0 Å². The molecule has 0 aromatic carbocycles. The van der Waals surface area contributed by atoms with Crippen molar-refractivity contribution in [2.45, 2.75) is 25.0 Å². The quantitative estimate of drug-likeness (QED) is 0.505. The van der Waals surface area contributed by atoms with Crippen molar-refractivity contribution in [3.05, 3.63) is 0 Å². The molecule has 0 radical (unpaired) electrons. The van der Waals surface area contributed by atoms with Gasteiger partial charge in [0.2, 0.25) is 0 Å². The van der Waals surface area contributed by atoms with Crippen LogP contribution in [0, 0.1) is 5.92 Å². The van der Waals surface area contributed by atoms with E-state index in [1.807, 2.05) is 0 Å². The maximum absolute atomic E-state index is 11.2. The van der Waals surface area contributed by atoms with E-state index in [0.717, 1.165) is 6.42 Å². The predicted molar refractivity (Wildman–Crippen MR) is 45.2 cm³/mol. The molecule has 1 aliphatic carbocycles. The van der Waals surface area contributed by atoms with Gasteiger partial charge in [-0.2, -0.15) is 0 Å². The predicted octanol–water partition coefficient (Wildman–Crippen LogP) is 0.0226. The molecule has 0 aromatic heterocycles. The molecule has 14 heavy (non-hydrogen) atoms. The molecule has 5 heteroatoms. The Balaban J connectivity index is 1.79. The molecular weight excluding hydrogens is 188 g/mol. The summed E-state index contributed by atoms with van der Waals surface area (Å²) < 4.78 is 15.4. The standard InChI is InChI=1S/C9H14O5/c10-6-12-8(11)7-4-9(5-7)13-2-1-3-14-9/h7,10H,1-6H2. The highest BCUT2D eigenvalue weighted by molar-refractivity contribution is 5.73. The lowest BCUT2D eigenvalue weighted by atomic mass is 9.78. The van der Waals surface area contributed by atoms with Crippen molar-refractivity contribution in [1.82, 2.24) is 0 Å². The first-order valence-corrected chi connectivity index (χ1v) is 4.81. The van der Waals surface area contributed by atoms with Gasteiger partial charge in [-0.1, -0.05) is 0 Å². The van der Waals surface area contributed by atoms with Crippen molar-refractivity contribution >= 4 is 5.97 Å². The number of ether oxygens (including phenoxy) is 3. The topological polar surface area (TPSA) is 65.0 Å². The summed E-state index contributed by atoms with van der Waals surface area (Å²) in [6.45, 7) is 0.841. The van der Waals surface area contributed by atoms with E-state index in [1.165, 1.54) is 0 Å². The zero-order valence-electron chi connectivity index (χ0n) is 7.90. The van der Waals surface area contributed by atoms with E-state index >= 15 is 0 Å². The zero-order valence-corrected chi connectivity index (χ0v) is 7.90. The van der Waals surface area contributed by atoms with E-state index in [2.05, 4.69) is 4.74 Å². The number of hydrogen-bond acceptors (Lipinski definition) is 5. The summed E-state index contributed by atoms with van der Waals surface area (Å²) in [5.74, 6) is -1.08. The Kier molecular flexibility index (Phi) is 2.71. The summed E-state index contributed by atoms with van der Waals surface area (Å²) in [5, 5.41) is 8.40. The summed E-state index contributed by atoms with van der Waals surface area (Å²) in [6, 6.07) is 0. The Hall–Kier alpha value is -0.650. The second kappa shape index (κ2) is 3.84. The van der Waals surface area contributed by atoms with Gasteiger partial charge >= 0.3 is 5.97 Å². The average Bonchev–Trinajstić information content (AvgIpc) is 2.16. The van der Waals surface area contributed by atoms with Gasteiger partial charge in [-0.3, -0.25) is 4.79 Å². The van der Waals surface area contributed by atoms with Gasteiger partial charge in [-0.25, -0.2) is 0 Å². The third-order valence-electron chi connectivity index (χ3n) is 2.67. The molecule has 0 atom stereocenters. The fraction of sp³-hybridized carbons (Fsp3) is 0.889. The minimum Gasteiger partial charge on any atom is -0.438 e. The van der Waals surface area contributed by atoms with E-state index < -0.39 is 12.6 Å². The van der Waals surface area contributed by atoms with Crippen molar-refractivity contribution in [2.75, 3.05) is 20.0 Å². The van der Waals surface area contributed by atoms with Crippen molar-refractivity contribution in [3.8, 4) is 0 Å². The van der Waals surface area contributed by atoms with Crippen LogP contribution >= 0.6 is 0 Å². The van der Waals surface area contributed by atoms with E-state index in [4.69, 9.17) is 14.6 Å². The fourth-order valence-electron chi connectivity index (χ4n) is 1.89. The second-order valence-electron chi connectivity index (χ2n) is 3.66. The molecule has 1 spiro atoms. The summed E-state index contributed by atoms with van der Waals surface area (Å²) in [5.41, 5.74) is 0. The van der Waals surface area contributed by atoms with Gasteiger partial charge in [0, 0.05) is 12.8 Å². The van der Waals surface area contributed by atoms with Crippen LogP contribution in [0.4, 0.5) is 0 Å². The minimum atomic E-state index is -0.552. The van der Waals surface area contributed by atoms with Gasteiger partial charge in [-0.15, -0.1) is 0 Å². The maximum atomic E-state index is 11.2. The molecular formula is C9H14O5. The summed E-state index contributed by atoms with van der Waals surface area (Å²) in [6.07, 6.45) is 2.01. The molecule has 1 saturated heterocycles. The largest absolute Gasteiger partial charge is 0.438 e. The molecule has 2 aliphatic rings. The van der Waals surface area contributed by atoms with Crippen LogP contribution < -0.4 is 0 Å². The van der Waals surface area contributed by atoms with E-state index in [9.17, 15) is 4.79 Å². The molecule has 0 unspecified atom stereocenters. The highest BCUT2D eigenvalue weighted by Gasteiger charge is 2.51. The number of esters is 1. The molecule has 1 N–H and O–H groups in total. The maximum Gasteiger partial charge on any atom is 0.311 e. The fourth-order valence-corrected chi connectivity index (χ4v) is 1.89. The van der Waals surface area contributed by atoms with Crippen LogP contribution in [-0.4, -0.2) is 36.9 Å². The number of rotatable bonds is 2. The second-order valence-corrected chi connectivity index (χ2v) is 3.66. The summed E-state index contributed by atoms with van der Waals surface area (Å²) >= 11 is 0. The van der Waals surface area contributed by atoms with Gasteiger partial charge < -0.3 is 19.3 Å². The Bertz CT molecular complexity index is 213. The van der Waals surface area contributed by atoms with E-state index in [-0.39, 0.29) is 11.9 Å². The molecule has 0 aromatic rings. The van der Waals surface area contributed by atoms with Gasteiger partial charge in [-0.05, 0) is 6.42 Å².